The van der Waals surface area contributed by atoms with E-state index in [0.29, 0.717) is 31.8 Å². The standard InChI is InChI=1S/C13H20N2O5S/c1-19-12-3-2-10(8-11(12)14)21(17,18)15-9-13(16)4-6-20-7-5-13/h2-3,8,15-16H,4-7,9,14H2,1H3. The van der Waals surface area contributed by atoms with Gasteiger partial charge in [0.25, 0.3) is 0 Å². The van der Waals surface area contributed by atoms with Gasteiger partial charge in [0.15, 0.2) is 0 Å². The summed E-state index contributed by atoms with van der Waals surface area (Å²) in [7, 11) is -2.27. The van der Waals surface area contributed by atoms with Crippen LogP contribution in [0.25, 0.3) is 0 Å². The molecule has 0 aromatic heterocycles. The second kappa shape index (κ2) is 6.18. The van der Waals surface area contributed by atoms with Crippen LogP contribution in [0, 0.1) is 0 Å². The van der Waals surface area contributed by atoms with Crippen LogP contribution in [0.5, 0.6) is 5.75 Å². The Labute approximate surface area is 124 Å². The van der Waals surface area contributed by atoms with Gasteiger partial charge in [-0.25, -0.2) is 13.1 Å². The average molecular weight is 316 g/mol. The van der Waals surface area contributed by atoms with Crippen LogP contribution in [-0.4, -0.2) is 46.0 Å². The monoisotopic (exact) mass is 316 g/mol. The van der Waals surface area contributed by atoms with Gasteiger partial charge in [-0.3, -0.25) is 0 Å². The second-order valence-electron chi connectivity index (χ2n) is 5.07. The number of anilines is 1. The molecule has 2 rings (SSSR count). The number of aliphatic hydroxyl groups is 1. The zero-order valence-corrected chi connectivity index (χ0v) is 12.6. The van der Waals surface area contributed by atoms with Crippen molar-refractivity contribution in [2.75, 3.05) is 32.6 Å². The molecule has 4 N–H and O–H groups in total. The Morgan fingerprint density at radius 2 is 2.10 bits per heavy atom. The van der Waals surface area contributed by atoms with Crippen molar-refractivity contribution in [2.45, 2.75) is 23.3 Å². The summed E-state index contributed by atoms with van der Waals surface area (Å²) in [4.78, 5) is 0.0384. The number of hydrogen-bond donors (Lipinski definition) is 3. The van der Waals surface area contributed by atoms with Gasteiger partial charge in [-0.15, -0.1) is 0 Å². The Morgan fingerprint density at radius 3 is 2.67 bits per heavy atom. The maximum atomic E-state index is 12.2. The van der Waals surface area contributed by atoms with E-state index in [2.05, 4.69) is 4.72 Å². The van der Waals surface area contributed by atoms with Gasteiger partial charge >= 0.3 is 0 Å². The molecule has 0 bridgehead atoms. The highest BCUT2D eigenvalue weighted by atomic mass is 32.2. The Bertz CT molecular complexity index is 597. The lowest BCUT2D eigenvalue weighted by molar-refractivity contribution is -0.0588. The third-order valence-corrected chi connectivity index (χ3v) is 4.93. The fraction of sp³-hybridized carbons (Fsp3) is 0.538. The van der Waals surface area contributed by atoms with Crippen LogP contribution in [-0.2, 0) is 14.8 Å². The maximum Gasteiger partial charge on any atom is 0.240 e. The number of nitrogens with one attached hydrogen (secondary N) is 1. The molecule has 1 aromatic carbocycles. The van der Waals surface area contributed by atoms with Gasteiger partial charge in [-0.1, -0.05) is 0 Å². The second-order valence-corrected chi connectivity index (χ2v) is 6.83. The molecule has 0 aliphatic carbocycles. The number of rotatable bonds is 5. The van der Waals surface area contributed by atoms with E-state index in [1.165, 1.54) is 25.3 Å². The molecule has 1 heterocycles. The molecule has 118 valence electrons. The minimum Gasteiger partial charge on any atom is -0.495 e. The third-order valence-electron chi connectivity index (χ3n) is 3.53. The smallest absolute Gasteiger partial charge is 0.240 e. The van der Waals surface area contributed by atoms with Crippen LogP contribution < -0.4 is 15.2 Å². The largest absolute Gasteiger partial charge is 0.495 e. The molecule has 0 atom stereocenters. The van der Waals surface area contributed by atoms with Crippen molar-refractivity contribution < 1.29 is 23.0 Å². The Morgan fingerprint density at radius 1 is 1.43 bits per heavy atom. The molecule has 1 aliphatic heterocycles. The van der Waals surface area contributed by atoms with Crippen LogP contribution in [0.4, 0.5) is 5.69 Å². The first-order valence-electron chi connectivity index (χ1n) is 6.60. The van der Waals surface area contributed by atoms with Crippen molar-refractivity contribution >= 4 is 15.7 Å². The number of methoxy groups -OCH3 is 1. The molecule has 0 spiro atoms. The third kappa shape index (κ3) is 3.85. The average Bonchev–Trinajstić information content (AvgIpc) is 2.46. The normalized spacial score (nSPS) is 18.4. The van der Waals surface area contributed by atoms with Crippen LogP contribution >= 0.6 is 0 Å². The van der Waals surface area contributed by atoms with Crippen molar-refractivity contribution in [1.82, 2.24) is 4.72 Å². The lowest BCUT2D eigenvalue weighted by Crippen LogP contribution is -2.46. The van der Waals surface area contributed by atoms with E-state index in [9.17, 15) is 13.5 Å². The molecule has 1 aliphatic rings. The van der Waals surface area contributed by atoms with Crippen molar-refractivity contribution in [3.63, 3.8) is 0 Å². The van der Waals surface area contributed by atoms with Gasteiger partial charge in [-0.2, -0.15) is 0 Å². The molecule has 1 fully saturated rings. The summed E-state index contributed by atoms with van der Waals surface area (Å²) in [5.41, 5.74) is 4.89. The zero-order chi connectivity index (χ0) is 15.5. The fourth-order valence-corrected chi connectivity index (χ4v) is 3.28. The van der Waals surface area contributed by atoms with E-state index in [-0.39, 0.29) is 17.1 Å². The van der Waals surface area contributed by atoms with E-state index in [0.717, 1.165) is 0 Å². The van der Waals surface area contributed by atoms with E-state index in [4.69, 9.17) is 15.2 Å². The summed E-state index contributed by atoms with van der Waals surface area (Å²) in [6.07, 6.45) is 0.806. The van der Waals surface area contributed by atoms with Gasteiger partial charge in [0.2, 0.25) is 10.0 Å². The van der Waals surface area contributed by atoms with Crippen LogP contribution in [0.2, 0.25) is 0 Å². The molecule has 0 unspecified atom stereocenters. The summed E-state index contributed by atoms with van der Waals surface area (Å²) in [5.74, 6) is 0.414. The molecule has 21 heavy (non-hydrogen) atoms. The first-order valence-corrected chi connectivity index (χ1v) is 8.08. The van der Waals surface area contributed by atoms with Crippen LogP contribution in [0.3, 0.4) is 0 Å². The lowest BCUT2D eigenvalue weighted by Gasteiger charge is -2.31. The van der Waals surface area contributed by atoms with Crippen molar-refractivity contribution in [1.29, 1.82) is 0 Å². The first-order chi connectivity index (χ1) is 9.86. The van der Waals surface area contributed by atoms with Crippen molar-refractivity contribution in [2.24, 2.45) is 0 Å². The summed E-state index contributed by atoms with van der Waals surface area (Å²) in [6, 6.07) is 4.23. The van der Waals surface area contributed by atoms with Crippen LogP contribution in [0.15, 0.2) is 23.1 Å². The van der Waals surface area contributed by atoms with Gasteiger partial charge < -0.3 is 20.3 Å². The summed E-state index contributed by atoms with van der Waals surface area (Å²) >= 11 is 0. The topological polar surface area (TPSA) is 111 Å². The highest BCUT2D eigenvalue weighted by molar-refractivity contribution is 7.89. The molecule has 7 nitrogen and oxygen atoms in total. The van der Waals surface area contributed by atoms with Gasteiger partial charge in [0, 0.05) is 32.6 Å². The maximum absolute atomic E-state index is 12.2. The molecule has 1 saturated heterocycles. The summed E-state index contributed by atoms with van der Waals surface area (Å²) in [5, 5.41) is 10.3. The van der Waals surface area contributed by atoms with E-state index in [1.54, 1.807) is 0 Å². The van der Waals surface area contributed by atoms with E-state index >= 15 is 0 Å². The quantitative estimate of drug-likeness (QED) is 0.664. The zero-order valence-electron chi connectivity index (χ0n) is 11.8. The number of nitrogens with two attached hydrogens (primary N) is 1. The van der Waals surface area contributed by atoms with Gasteiger partial charge in [0.1, 0.15) is 5.75 Å². The minimum absolute atomic E-state index is 0.0384. The highest BCUT2D eigenvalue weighted by Crippen LogP contribution is 2.25. The molecular formula is C13H20N2O5S. The predicted octanol–water partition coefficient (Wildman–Crippen LogP) is 0.0972. The highest BCUT2D eigenvalue weighted by Gasteiger charge is 2.31. The number of hydrogen-bond acceptors (Lipinski definition) is 6. The Balaban J connectivity index is 2.09. The Kier molecular flexibility index (Phi) is 4.72. The number of sulfonamides is 1. The molecular weight excluding hydrogens is 296 g/mol. The van der Waals surface area contributed by atoms with Crippen molar-refractivity contribution in [3.05, 3.63) is 18.2 Å². The summed E-state index contributed by atoms with van der Waals surface area (Å²) < 4.78 is 37.0. The number of benzene rings is 1. The molecule has 0 saturated carbocycles. The van der Waals surface area contributed by atoms with Gasteiger partial charge in [0.05, 0.1) is 23.3 Å². The fourth-order valence-electron chi connectivity index (χ4n) is 2.12. The first kappa shape index (κ1) is 16.0. The Hall–Kier alpha value is -1.35. The lowest BCUT2D eigenvalue weighted by atomic mass is 9.95. The molecule has 1 aromatic rings. The SMILES string of the molecule is COc1ccc(S(=O)(=O)NCC2(O)CCOCC2)cc1N. The predicted molar refractivity (Wildman–Crippen MR) is 77.6 cm³/mol. The molecule has 0 amide bonds. The van der Waals surface area contributed by atoms with E-state index < -0.39 is 15.6 Å². The molecule has 8 heteroatoms. The van der Waals surface area contributed by atoms with Crippen LogP contribution in [0.1, 0.15) is 12.8 Å². The molecule has 0 radical (unpaired) electrons. The minimum atomic E-state index is -3.73. The summed E-state index contributed by atoms with van der Waals surface area (Å²) in [6.45, 7) is 0.798. The van der Waals surface area contributed by atoms with E-state index in [1.807, 2.05) is 0 Å². The van der Waals surface area contributed by atoms with Crippen molar-refractivity contribution in [3.8, 4) is 5.75 Å². The van der Waals surface area contributed by atoms with Gasteiger partial charge in [-0.05, 0) is 18.2 Å². The number of ether oxygens (including phenoxy) is 2. The number of nitrogen functional groups attached to an aromatic ring is 1.